The van der Waals surface area contributed by atoms with Gasteiger partial charge in [0.05, 0.1) is 65.3 Å². The zero-order valence-corrected chi connectivity index (χ0v) is 46.8. The highest BCUT2D eigenvalue weighted by molar-refractivity contribution is 7.41. The number of ether oxygens (including phenoxy) is 5. The van der Waals surface area contributed by atoms with E-state index < -0.39 is 95.4 Å². The van der Waals surface area contributed by atoms with Crippen LogP contribution in [0.5, 0.6) is 11.5 Å². The summed E-state index contributed by atoms with van der Waals surface area (Å²) in [6.45, 7) is 2.31. The summed E-state index contributed by atoms with van der Waals surface area (Å²) in [5, 5.41) is 14.9. The van der Waals surface area contributed by atoms with Crippen LogP contribution in [0.4, 0.5) is 16.2 Å². The SMILES string of the molecule is COc1ccc(C(OC[C@H]2O[C@@H](n3cnc4c(NC(=O)c5ccccc5)ncnc43)C[C@@H]2OP(OCCC#N)OC[C@H]2O[C@@H](n3cnc4c(=O)[nH]c(NC(=O)C(C)C)nc43)[C@H](O[PH](=O)O)[C@@H]2F)(c2ccccc2)c2ccc(OC)cc2)cc1. The molecule has 2 aliphatic heterocycles. The van der Waals surface area contributed by atoms with Crippen molar-refractivity contribution in [3.05, 3.63) is 161 Å². The van der Waals surface area contributed by atoms with Gasteiger partial charge in [-0.1, -0.05) is 86.6 Å². The molecule has 0 radical (unpaired) electrons. The van der Waals surface area contributed by atoms with E-state index in [1.54, 1.807) is 63.0 Å². The lowest BCUT2D eigenvalue weighted by Crippen LogP contribution is -2.38. The van der Waals surface area contributed by atoms with Gasteiger partial charge in [-0.3, -0.25) is 42.9 Å². The van der Waals surface area contributed by atoms with Crippen LogP contribution >= 0.6 is 16.9 Å². The van der Waals surface area contributed by atoms with E-state index in [-0.39, 0.29) is 54.5 Å². The first-order valence-electron chi connectivity index (χ1n) is 26.0. The van der Waals surface area contributed by atoms with Crippen LogP contribution in [-0.4, -0.2) is 120 Å². The molecule has 9 atom stereocenters. The van der Waals surface area contributed by atoms with Crippen LogP contribution in [0.1, 0.15) is 66.2 Å². The fraction of sp³-hybridized carbons (Fsp3) is 0.327. The van der Waals surface area contributed by atoms with Crippen molar-refractivity contribution in [2.45, 2.75) is 75.3 Å². The number of halogens is 1. The normalized spacial score (nSPS) is 20.5. The van der Waals surface area contributed by atoms with Gasteiger partial charge in [-0.05, 0) is 53.1 Å². The third kappa shape index (κ3) is 12.7. The fourth-order valence-corrected chi connectivity index (χ4v) is 11.2. The average Bonchev–Trinajstić information content (AvgIpc) is 3.88. The lowest BCUT2D eigenvalue weighted by molar-refractivity contribution is -0.118. The second-order valence-electron chi connectivity index (χ2n) is 19.2. The summed E-state index contributed by atoms with van der Waals surface area (Å²) in [6.07, 6.45) is -5.95. The van der Waals surface area contributed by atoms with E-state index in [1.165, 1.54) is 12.7 Å². The van der Waals surface area contributed by atoms with E-state index in [0.29, 0.717) is 22.7 Å². The van der Waals surface area contributed by atoms with Crippen molar-refractivity contribution in [3.63, 3.8) is 0 Å². The summed E-state index contributed by atoms with van der Waals surface area (Å²) in [5.74, 6) is -0.219. The van der Waals surface area contributed by atoms with Gasteiger partial charge >= 0.3 is 16.9 Å². The van der Waals surface area contributed by atoms with Crippen molar-refractivity contribution in [2.24, 2.45) is 5.92 Å². The number of carbonyl (C=O) groups is 2. The minimum atomic E-state index is -3.82. The molecular formula is C55H56FN11O14P2. The Morgan fingerprint density at radius 2 is 1.49 bits per heavy atom. The largest absolute Gasteiger partial charge is 0.497 e. The van der Waals surface area contributed by atoms with Crippen molar-refractivity contribution >= 4 is 62.8 Å². The number of H-pyrrole nitrogens is 1. The number of aromatic amines is 1. The van der Waals surface area contributed by atoms with Crippen LogP contribution < -0.4 is 25.7 Å². The number of methoxy groups -OCH3 is 2. The van der Waals surface area contributed by atoms with Gasteiger partial charge in [0.2, 0.25) is 11.9 Å². The number of aromatic nitrogens is 8. The smallest absolute Gasteiger partial charge is 0.333 e. The average molecular weight is 1180 g/mol. The lowest BCUT2D eigenvalue weighted by Gasteiger charge is -2.37. The van der Waals surface area contributed by atoms with Gasteiger partial charge in [-0.25, -0.2) is 24.3 Å². The number of alkyl halides is 1. The standard InChI is InChI=1S/C55H56FN11O14P2/c1-32(2)50(68)64-54-63-49-45(52(70)65-54)61-31-67(49)53-46(81-82(71)72)43(56)41(79-53)28-77-83(76-25-11-24-57)80-39-26-42(66-30-60-44-47(58-29-59-48(44)66)62-51(69)33-12-7-5-8-13-33)78-40(39)27-75-55(34-14-9-6-10-15-34,35-16-20-37(73-3)21-17-35)36-18-22-38(74-4)23-19-36/h5-10,12-23,29-32,39-43,46,53,82H,11,25-28H2,1-4H3,(H,71,72)(H,58,59,62,69)(H2,63,64,65,68,70)/t39-,40+,41+,42+,43+,46+,53+,83?/m0/s1. The molecule has 0 aliphatic carbocycles. The number of amides is 2. The van der Waals surface area contributed by atoms with Crippen LogP contribution in [0, 0.1) is 17.2 Å². The molecular weight excluding hydrogens is 1120 g/mol. The molecule has 6 heterocycles. The highest BCUT2D eigenvalue weighted by atomic mass is 31.2. The predicted molar refractivity (Wildman–Crippen MR) is 297 cm³/mol. The van der Waals surface area contributed by atoms with E-state index >= 15 is 4.39 Å². The minimum absolute atomic E-state index is 0.0658. The van der Waals surface area contributed by atoms with E-state index in [1.807, 2.05) is 84.9 Å². The molecule has 25 nitrogen and oxygen atoms in total. The fourth-order valence-electron chi connectivity index (χ4n) is 9.57. The number of anilines is 2. The molecule has 2 fully saturated rings. The van der Waals surface area contributed by atoms with Gasteiger partial charge in [-0.15, -0.1) is 0 Å². The van der Waals surface area contributed by atoms with Gasteiger partial charge in [0, 0.05) is 17.9 Å². The van der Waals surface area contributed by atoms with Crippen molar-refractivity contribution in [1.82, 2.24) is 39.0 Å². The zero-order chi connectivity index (χ0) is 58.2. The number of nitrogens with zero attached hydrogens (tertiary/aromatic N) is 8. The Labute approximate surface area is 474 Å². The number of nitrogens with one attached hydrogen (secondary N) is 3. The van der Waals surface area contributed by atoms with E-state index in [4.69, 9.17) is 41.8 Å². The van der Waals surface area contributed by atoms with E-state index in [2.05, 4.69) is 40.5 Å². The summed E-state index contributed by atoms with van der Waals surface area (Å²) in [4.78, 5) is 73.4. The van der Waals surface area contributed by atoms with Gasteiger partial charge < -0.3 is 47.5 Å². The van der Waals surface area contributed by atoms with Crippen molar-refractivity contribution in [2.75, 3.05) is 44.7 Å². The van der Waals surface area contributed by atoms with E-state index in [9.17, 15) is 29.1 Å². The number of benzene rings is 4. The molecule has 4 N–H and O–H groups in total. The second-order valence-corrected chi connectivity index (χ2v) is 21.1. The number of nitriles is 1. The number of imidazole rings is 2. The molecule has 2 saturated heterocycles. The molecule has 2 unspecified atom stereocenters. The third-order valence-corrected chi connectivity index (χ3v) is 15.4. The summed E-state index contributed by atoms with van der Waals surface area (Å²) in [6, 6.07) is 35.2. The molecule has 0 bridgehead atoms. The first kappa shape index (κ1) is 58.3. The van der Waals surface area contributed by atoms with Crippen LogP contribution in [0.15, 0.2) is 133 Å². The quantitative estimate of drug-likeness (QED) is 0.0256. The Hall–Kier alpha value is -7.92. The minimum Gasteiger partial charge on any atom is -0.497 e. The van der Waals surface area contributed by atoms with E-state index in [0.717, 1.165) is 27.6 Å². The number of hydrogen-bond donors (Lipinski definition) is 4. The van der Waals surface area contributed by atoms with Crippen molar-refractivity contribution in [1.29, 1.82) is 5.26 Å². The van der Waals surface area contributed by atoms with Crippen LogP contribution in [-0.2, 0) is 47.3 Å². The van der Waals surface area contributed by atoms with Crippen molar-refractivity contribution < 1.29 is 65.2 Å². The van der Waals surface area contributed by atoms with Gasteiger partial charge in [0.15, 0.2) is 40.5 Å². The molecule has 83 heavy (non-hydrogen) atoms. The summed E-state index contributed by atoms with van der Waals surface area (Å²) >= 11 is 0. The third-order valence-electron chi connectivity index (χ3n) is 13.7. The summed E-state index contributed by atoms with van der Waals surface area (Å²) in [5.41, 5.74) is 0.736. The van der Waals surface area contributed by atoms with Crippen LogP contribution in [0.25, 0.3) is 22.3 Å². The molecule has 4 aromatic carbocycles. The zero-order valence-electron chi connectivity index (χ0n) is 44.9. The number of hydrogen-bond acceptors (Lipinski definition) is 19. The Balaban J connectivity index is 0.980. The maximum atomic E-state index is 16.8. The molecule has 432 valence electrons. The molecule has 28 heteroatoms. The molecule has 10 rings (SSSR count). The Kier molecular flexibility index (Phi) is 18.3. The van der Waals surface area contributed by atoms with Gasteiger partial charge in [0.1, 0.15) is 48.0 Å². The number of rotatable bonds is 24. The summed E-state index contributed by atoms with van der Waals surface area (Å²) < 4.78 is 87.8. The van der Waals surface area contributed by atoms with Gasteiger partial charge in [0.25, 0.3) is 11.5 Å². The van der Waals surface area contributed by atoms with Crippen molar-refractivity contribution in [3.8, 4) is 17.6 Å². The molecule has 2 amide bonds. The molecule has 4 aromatic heterocycles. The molecule has 8 aromatic rings. The maximum absolute atomic E-state index is 16.8. The Morgan fingerprint density at radius 3 is 2.14 bits per heavy atom. The van der Waals surface area contributed by atoms with Crippen LogP contribution in [0.2, 0.25) is 0 Å². The number of fused-ring (bicyclic) bond motifs is 2. The monoisotopic (exact) mass is 1180 g/mol. The first-order chi connectivity index (χ1) is 40.3. The Bertz CT molecular complexity index is 3620. The summed E-state index contributed by atoms with van der Waals surface area (Å²) in [7, 11) is -3.21. The predicted octanol–water partition coefficient (Wildman–Crippen LogP) is 7.68. The lowest BCUT2D eigenvalue weighted by atomic mass is 9.80. The molecule has 2 aliphatic rings. The maximum Gasteiger partial charge on any atom is 0.333 e. The number of carbonyl (C=O) groups excluding carboxylic acids is 2. The van der Waals surface area contributed by atoms with Gasteiger partial charge in [-0.2, -0.15) is 10.2 Å². The highest BCUT2D eigenvalue weighted by Gasteiger charge is 2.50. The topological polar surface area (TPSA) is 310 Å². The van der Waals surface area contributed by atoms with Crippen LogP contribution in [0.3, 0.4) is 0 Å². The Morgan fingerprint density at radius 1 is 0.843 bits per heavy atom. The molecule has 0 saturated carbocycles. The molecule has 0 spiro atoms. The highest BCUT2D eigenvalue weighted by Crippen LogP contribution is 2.49. The second kappa shape index (κ2) is 26.1. The first-order valence-corrected chi connectivity index (χ1v) is 28.4.